The third-order valence-corrected chi connectivity index (χ3v) is 10.1. The summed E-state index contributed by atoms with van der Waals surface area (Å²) in [5, 5.41) is 19.6. The normalized spacial score (nSPS) is 24.8. The maximum absolute atomic E-state index is 14.0. The van der Waals surface area contributed by atoms with E-state index in [9.17, 15) is 24.3 Å². The van der Waals surface area contributed by atoms with Gasteiger partial charge in [0.25, 0.3) is 0 Å². The van der Waals surface area contributed by atoms with Crippen molar-refractivity contribution in [3.05, 3.63) is 81.9 Å². The molecule has 4 atom stereocenters. The van der Waals surface area contributed by atoms with Crippen molar-refractivity contribution in [3.8, 4) is 5.75 Å². The van der Waals surface area contributed by atoms with Crippen molar-refractivity contribution in [2.24, 2.45) is 16.2 Å². The number of ether oxygens (including phenoxy) is 5. The van der Waals surface area contributed by atoms with E-state index in [0.29, 0.717) is 12.4 Å². The van der Waals surface area contributed by atoms with Gasteiger partial charge < -0.3 is 33.9 Å². The third kappa shape index (κ3) is 5.27. The van der Waals surface area contributed by atoms with Crippen LogP contribution in [0.15, 0.2) is 65.3 Å². The fourth-order valence-corrected chi connectivity index (χ4v) is 6.92. The van der Waals surface area contributed by atoms with Gasteiger partial charge in [0.1, 0.15) is 37.8 Å². The quantitative estimate of drug-likeness (QED) is 0.196. The lowest BCUT2D eigenvalue weighted by Gasteiger charge is -2.42. The number of aromatic carboxylic acids is 1. The minimum atomic E-state index is -1.37. The Kier molecular flexibility index (Phi) is 8.61. The highest BCUT2D eigenvalue weighted by molar-refractivity contribution is 6.10. The first kappa shape index (κ1) is 32.9. The number of fused-ring (bicyclic) bond motifs is 2. The van der Waals surface area contributed by atoms with Gasteiger partial charge in [-0.1, -0.05) is 45.4 Å². The number of benzene rings is 2. The molecule has 0 saturated carbocycles. The number of allylic oxidation sites excluding steroid dienone is 2. The molecule has 1 aliphatic heterocycles. The standard InChI is InChI=1S/C35H38O11/c1-19-26(20-11-13-24(42-6)14-12-20)35(5)28(27(34(19,4)33(35,2)3)31(40)46-18-25-17-43-25)32(41)45-16-23(36)15-44-30(39)22-9-7-21(8-10-22)29(37)38/h7-14,23,25,36H,15-18H2,1-6H3,(H,37,38)/t23?,25?,34-,35+/m0/s1. The Hall–Kier alpha value is -4.48. The summed E-state index contributed by atoms with van der Waals surface area (Å²) in [6.45, 7) is 9.43. The molecule has 0 amide bonds. The summed E-state index contributed by atoms with van der Waals surface area (Å²) in [4.78, 5) is 51.3. The molecule has 0 aromatic heterocycles. The fraction of sp³-hybridized carbons (Fsp3) is 0.429. The SMILES string of the molecule is COc1ccc(C2=C(C)[C@@]3(C)C(C(=O)OCC4CO4)=C(C(=O)OCC(O)COC(=O)c4ccc(C(=O)O)cc4)[C@]2(C)C3(C)C)cc1. The van der Waals surface area contributed by atoms with Gasteiger partial charge in [-0.2, -0.15) is 0 Å². The minimum absolute atomic E-state index is 0.00783. The Bertz CT molecular complexity index is 1630. The molecule has 46 heavy (non-hydrogen) atoms. The summed E-state index contributed by atoms with van der Waals surface area (Å²) in [6.07, 6.45) is -1.54. The fourth-order valence-electron chi connectivity index (χ4n) is 6.92. The van der Waals surface area contributed by atoms with Crippen LogP contribution in [-0.2, 0) is 28.5 Å². The zero-order valence-electron chi connectivity index (χ0n) is 26.7. The minimum Gasteiger partial charge on any atom is -0.497 e. The van der Waals surface area contributed by atoms with E-state index in [4.69, 9.17) is 28.8 Å². The second kappa shape index (κ2) is 12.0. The molecule has 244 valence electrons. The Morgan fingerprint density at radius 3 is 1.89 bits per heavy atom. The zero-order chi connectivity index (χ0) is 33.6. The van der Waals surface area contributed by atoms with Crippen molar-refractivity contribution in [2.45, 2.75) is 46.8 Å². The molecule has 1 saturated heterocycles. The first-order chi connectivity index (χ1) is 21.7. The van der Waals surface area contributed by atoms with Gasteiger partial charge in [0.15, 0.2) is 0 Å². The number of hydrogen-bond donors (Lipinski definition) is 2. The lowest BCUT2D eigenvalue weighted by molar-refractivity contribution is -0.145. The van der Waals surface area contributed by atoms with Crippen LogP contribution in [0.1, 0.15) is 60.9 Å². The van der Waals surface area contributed by atoms with Crippen LogP contribution in [0.3, 0.4) is 0 Å². The first-order valence-corrected chi connectivity index (χ1v) is 14.9. The predicted octanol–water partition coefficient (Wildman–Crippen LogP) is 4.23. The second-order valence-corrected chi connectivity index (χ2v) is 12.6. The van der Waals surface area contributed by atoms with Crippen molar-refractivity contribution in [1.82, 2.24) is 0 Å². The summed E-state index contributed by atoms with van der Waals surface area (Å²) in [5.41, 5.74) is 0.573. The molecule has 11 heteroatoms. The topological polar surface area (TPSA) is 158 Å². The van der Waals surface area contributed by atoms with Crippen molar-refractivity contribution < 1.29 is 53.1 Å². The van der Waals surface area contributed by atoms with Crippen molar-refractivity contribution in [3.63, 3.8) is 0 Å². The molecule has 2 aromatic carbocycles. The average molecular weight is 635 g/mol. The van der Waals surface area contributed by atoms with E-state index in [1.807, 2.05) is 58.9 Å². The number of carbonyl (C=O) groups excluding carboxylic acids is 3. The summed E-state index contributed by atoms with van der Waals surface area (Å²) < 4.78 is 27.0. The monoisotopic (exact) mass is 634 g/mol. The largest absolute Gasteiger partial charge is 0.497 e. The van der Waals surface area contributed by atoms with Gasteiger partial charge in [-0.25, -0.2) is 19.2 Å². The molecule has 2 aliphatic carbocycles. The summed E-state index contributed by atoms with van der Waals surface area (Å²) in [7, 11) is 1.58. The molecular formula is C35H38O11. The molecule has 3 aliphatic rings. The number of aliphatic hydroxyl groups is 1. The predicted molar refractivity (Wildman–Crippen MR) is 164 cm³/mol. The maximum Gasteiger partial charge on any atom is 0.338 e. The van der Waals surface area contributed by atoms with E-state index in [-0.39, 0.29) is 35.0 Å². The maximum atomic E-state index is 14.0. The molecule has 11 nitrogen and oxygen atoms in total. The lowest BCUT2D eigenvalue weighted by Crippen LogP contribution is -2.39. The molecule has 1 heterocycles. The van der Waals surface area contributed by atoms with Gasteiger partial charge in [-0.15, -0.1) is 0 Å². The van der Waals surface area contributed by atoms with Gasteiger partial charge in [0.2, 0.25) is 0 Å². The van der Waals surface area contributed by atoms with Gasteiger partial charge >= 0.3 is 23.9 Å². The molecule has 1 fully saturated rings. The average Bonchev–Trinajstić information content (AvgIpc) is 3.84. The van der Waals surface area contributed by atoms with Crippen LogP contribution < -0.4 is 4.74 Å². The van der Waals surface area contributed by atoms with Crippen LogP contribution >= 0.6 is 0 Å². The highest BCUT2D eigenvalue weighted by Gasteiger charge is 2.73. The number of hydrogen-bond acceptors (Lipinski definition) is 10. The second-order valence-electron chi connectivity index (χ2n) is 12.6. The van der Waals surface area contributed by atoms with Crippen LogP contribution in [0, 0.1) is 16.2 Å². The van der Waals surface area contributed by atoms with Crippen LogP contribution in [0.4, 0.5) is 0 Å². The number of carboxylic acids is 1. The van der Waals surface area contributed by atoms with Gasteiger partial charge in [-0.05, 0) is 59.9 Å². The molecule has 2 unspecified atom stereocenters. The summed E-state index contributed by atoms with van der Waals surface area (Å²) >= 11 is 0. The Labute approximate surface area is 266 Å². The molecule has 2 aromatic rings. The number of epoxide rings is 1. The number of esters is 3. The zero-order valence-corrected chi connectivity index (χ0v) is 26.7. The van der Waals surface area contributed by atoms with Crippen molar-refractivity contribution >= 4 is 29.5 Å². The lowest BCUT2D eigenvalue weighted by atomic mass is 9.59. The number of carbonyl (C=O) groups is 4. The van der Waals surface area contributed by atoms with Crippen molar-refractivity contribution in [2.75, 3.05) is 33.5 Å². The summed E-state index contributed by atoms with van der Waals surface area (Å²) in [6, 6.07) is 12.6. The van der Waals surface area contributed by atoms with Gasteiger partial charge in [0.05, 0.1) is 36.0 Å². The van der Waals surface area contributed by atoms with E-state index in [1.54, 1.807) is 7.11 Å². The molecular weight excluding hydrogens is 596 g/mol. The molecule has 5 rings (SSSR count). The highest BCUT2D eigenvalue weighted by atomic mass is 16.6. The number of aliphatic hydroxyl groups excluding tert-OH is 1. The molecule has 0 radical (unpaired) electrons. The molecule has 2 bridgehead atoms. The van der Waals surface area contributed by atoms with Gasteiger partial charge in [0, 0.05) is 10.8 Å². The van der Waals surface area contributed by atoms with E-state index < -0.39 is 59.4 Å². The molecule has 2 N–H and O–H groups in total. The van der Waals surface area contributed by atoms with E-state index in [0.717, 1.165) is 16.7 Å². The van der Waals surface area contributed by atoms with Crippen LogP contribution in [-0.4, -0.2) is 79.8 Å². The van der Waals surface area contributed by atoms with Crippen molar-refractivity contribution in [1.29, 1.82) is 0 Å². The first-order valence-electron chi connectivity index (χ1n) is 14.9. The Morgan fingerprint density at radius 1 is 0.826 bits per heavy atom. The van der Waals surface area contributed by atoms with Crippen LogP contribution in [0.25, 0.3) is 5.57 Å². The van der Waals surface area contributed by atoms with E-state index in [2.05, 4.69) is 0 Å². The Morgan fingerprint density at radius 2 is 1.35 bits per heavy atom. The number of rotatable bonds is 12. The van der Waals surface area contributed by atoms with Gasteiger partial charge in [-0.3, -0.25) is 0 Å². The number of methoxy groups -OCH3 is 1. The van der Waals surface area contributed by atoms with Crippen LogP contribution in [0.5, 0.6) is 5.75 Å². The molecule has 0 spiro atoms. The summed E-state index contributed by atoms with van der Waals surface area (Å²) in [5.74, 6) is -2.66. The number of carboxylic acid groups (broad SMARTS) is 1. The van der Waals surface area contributed by atoms with E-state index >= 15 is 0 Å². The smallest absolute Gasteiger partial charge is 0.338 e. The van der Waals surface area contributed by atoms with E-state index in [1.165, 1.54) is 24.3 Å². The van der Waals surface area contributed by atoms with Crippen LogP contribution in [0.2, 0.25) is 0 Å². The Balaban J connectivity index is 1.39. The highest BCUT2D eigenvalue weighted by Crippen LogP contribution is 2.77. The third-order valence-electron chi connectivity index (χ3n) is 10.1.